The number of rotatable bonds is 1. The predicted molar refractivity (Wildman–Crippen MR) is 72.4 cm³/mol. The number of anilines is 1. The van der Waals surface area contributed by atoms with Gasteiger partial charge in [-0.2, -0.15) is 0 Å². The summed E-state index contributed by atoms with van der Waals surface area (Å²) in [4.78, 5) is 2.68. The average Bonchev–Trinajstić information content (AvgIpc) is 2.82. The third kappa shape index (κ3) is 1.95. The summed E-state index contributed by atoms with van der Waals surface area (Å²) in [5.41, 5.74) is 4.25. The van der Waals surface area contributed by atoms with E-state index in [4.69, 9.17) is 0 Å². The highest BCUT2D eigenvalue weighted by atomic mass is 15.2. The lowest BCUT2D eigenvalue weighted by atomic mass is 9.87. The van der Waals surface area contributed by atoms with Crippen LogP contribution >= 0.6 is 0 Å². The highest BCUT2D eigenvalue weighted by molar-refractivity contribution is 5.56. The monoisotopic (exact) mass is 230 g/mol. The Morgan fingerprint density at radius 3 is 2.76 bits per heavy atom. The normalized spacial score (nSPS) is 28.8. The van der Waals surface area contributed by atoms with Gasteiger partial charge in [0.25, 0.3) is 0 Å². The maximum atomic E-state index is 3.57. The molecule has 92 valence electrons. The Morgan fingerprint density at radius 2 is 2.00 bits per heavy atom. The van der Waals surface area contributed by atoms with Crippen molar-refractivity contribution in [3.05, 3.63) is 29.3 Å². The topological polar surface area (TPSA) is 15.3 Å². The molecule has 17 heavy (non-hydrogen) atoms. The standard InChI is InChI=1S/C15H22N2/c1-11-5-6-14-13(9-11)15(12(2)10-16-14)17-7-3-4-8-17/h5-6,9,12,15-16H,3-4,7-8,10H2,1-2H3. The minimum atomic E-state index is 0.633. The van der Waals surface area contributed by atoms with Crippen LogP contribution in [0.1, 0.15) is 36.9 Å². The summed E-state index contributed by atoms with van der Waals surface area (Å²) < 4.78 is 0. The van der Waals surface area contributed by atoms with Gasteiger partial charge in [-0.25, -0.2) is 0 Å². The fraction of sp³-hybridized carbons (Fsp3) is 0.600. The molecule has 1 fully saturated rings. The van der Waals surface area contributed by atoms with Gasteiger partial charge in [0.1, 0.15) is 0 Å². The Labute approximate surface area is 104 Å². The number of hydrogen-bond acceptors (Lipinski definition) is 2. The fourth-order valence-electron chi connectivity index (χ4n) is 3.35. The minimum Gasteiger partial charge on any atom is -0.384 e. The lowest BCUT2D eigenvalue weighted by Crippen LogP contribution is -2.37. The smallest absolute Gasteiger partial charge is 0.0410 e. The summed E-state index contributed by atoms with van der Waals surface area (Å²) >= 11 is 0. The van der Waals surface area contributed by atoms with E-state index in [2.05, 4.69) is 42.3 Å². The summed E-state index contributed by atoms with van der Waals surface area (Å²) in [6.45, 7) is 8.24. The first-order valence-electron chi connectivity index (χ1n) is 6.84. The number of nitrogens with zero attached hydrogens (tertiary/aromatic N) is 1. The van der Waals surface area contributed by atoms with Gasteiger partial charge in [0, 0.05) is 18.3 Å². The Hall–Kier alpha value is -1.02. The molecule has 1 aromatic rings. The van der Waals surface area contributed by atoms with Gasteiger partial charge in [-0.05, 0) is 50.4 Å². The van der Waals surface area contributed by atoms with Gasteiger partial charge in [-0.1, -0.05) is 24.6 Å². The van der Waals surface area contributed by atoms with E-state index in [9.17, 15) is 0 Å². The molecule has 0 aliphatic carbocycles. The maximum Gasteiger partial charge on any atom is 0.0410 e. The van der Waals surface area contributed by atoms with E-state index in [0.717, 1.165) is 6.54 Å². The first kappa shape index (κ1) is 11.1. The van der Waals surface area contributed by atoms with Gasteiger partial charge >= 0.3 is 0 Å². The second-order valence-corrected chi connectivity index (χ2v) is 5.64. The summed E-state index contributed by atoms with van der Waals surface area (Å²) in [6.07, 6.45) is 2.75. The molecule has 0 aromatic heterocycles. The van der Waals surface area contributed by atoms with Crippen LogP contribution in [0.25, 0.3) is 0 Å². The molecule has 1 saturated heterocycles. The van der Waals surface area contributed by atoms with Crippen molar-refractivity contribution in [2.24, 2.45) is 5.92 Å². The summed E-state index contributed by atoms with van der Waals surface area (Å²) in [5.74, 6) is 0.711. The number of fused-ring (bicyclic) bond motifs is 1. The zero-order valence-corrected chi connectivity index (χ0v) is 10.9. The lowest BCUT2D eigenvalue weighted by Gasteiger charge is -2.38. The van der Waals surface area contributed by atoms with E-state index >= 15 is 0 Å². The van der Waals surface area contributed by atoms with Crippen molar-refractivity contribution < 1.29 is 0 Å². The van der Waals surface area contributed by atoms with Crippen molar-refractivity contribution in [1.82, 2.24) is 4.90 Å². The molecular weight excluding hydrogens is 208 g/mol. The van der Waals surface area contributed by atoms with Crippen LogP contribution in [0.4, 0.5) is 5.69 Å². The van der Waals surface area contributed by atoms with Crippen LogP contribution in [0, 0.1) is 12.8 Å². The van der Waals surface area contributed by atoms with E-state index < -0.39 is 0 Å². The minimum absolute atomic E-state index is 0.633. The molecule has 2 aliphatic rings. The maximum absolute atomic E-state index is 3.57. The van der Waals surface area contributed by atoms with E-state index in [1.165, 1.54) is 42.7 Å². The number of likely N-dealkylation sites (tertiary alicyclic amines) is 1. The fourth-order valence-corrected chi connectivity index (χ4v) is 3.35. The van der Waals surface area contributed by atoms with Crippen LogP contribution in [-0.2, 0) is 0 Å². The second kappa shape index (κ2) is 4.34. The van der Waals surface area contributed by atoms with Gasteiger partial charge in [0.2, 0.25) is 0 Å². The van der Waals surface area contributed by atoms with Crippen molar-refractivity contribution in [2.75, 3.05) is 25.0 Å². The molecule has 2 heterocycles. The summed E-state index contributed by atoms with van der Waals surface area (Å²) in [5, 5.41) is 3.57. The number of benzene rings is 1. The van der Waals surface area contributed by atoms with Crippen molar-refractivity contribution >= 4 is 5.69 Å². The Kier molecular flexibility index (Phi) is 2.83. The van der Waals surface area contributed by atoms with Crippen LogP contribution in [0.15, 0.2) is 18.2 Å². The third-order valence-electron chi connectivity index (χ3n) is 4.21. The van der Waals surface area contributed by atoms with Crippen molar-refractivity contribution in [2.45, 2.75) is 32.7 Å². The Bertz CT molecular complexity index is 407. The molecular formula is C15H22N2. The van der Waals surface area contributed by atoms with Gasteiger partial charge in [0.05, 0.1) is 0 Å². The van der Waals surface area contributed by atoms with E-state index in [1.807, 2.05) is 0 Å². The predicted octanol–water partition coefficient (Wildman–Crippen LogP) is 3.19. The van der Waals surface area contributed by atoms with Gasteiger partial charge in [-0.15, -0.1) is 0 Å². The Balaban J connectivity index is 1.99. The van der Waals surface area contributed by atoms with Crippen LogP contribution in [0.5, 0.6) is 0 Å². The molecule has 0 amide bonds. The van der Waals surface area contributed by atoms with E-state index in [-0.39, 0.29) is 0 Å². The van der Waals surface area contributed by atoms with E-state index in [1.54, 1.807) is 0 Å². The molecule has 2 unspecified atom stereocenters. The third-order valence-corrected chi connectivity index (χ3v) is 4.21. The molecule has 1 aromatic carbocycles. The average molecular weight is 230 g/mol. The molecule has 2 nitrogen and oxygen atoms in total. The van der Waals surface area contributed by atoms with Gasteiger partial charge < -0.3 is 5.32 Å². The quantitative estimate of drug-likeness (QED) is 0.797. The summed E-state index contributed by atoms with van der Waals surface area (Å²) in [6, 6.07) is 7.47. The van der Waals surface area contributed by atoms with Crippen molar-refractivity contribution in [3.8, 4) is 0 Å². The van der Waals surface area contributed by atoms with Crippen LogP contribution in [0.3, 0.4) is 0 Å². The van der Waals surface area contributed by atoms with Gasteiger partial charge in [0.15, 0.2) is 0 Å². The zero-order valence-electron chi connectivity index (χ0n) is 10.9. The molecule has 0 bridgehead atoms. The first-order chi connectivity index (χ1) is 8.25. The number of hydrogen-bond donors (Lipinski definition) is 1. The Morgan fingerprint density at radius 1 is 1.24 bits per heavy atom. The second-order valence-electron chi connectivity index (χ2n) is 5.64. The number of nitrogens with one attached hydrogen (secondary N) is 1. The van der Waals surface area contributed by atoms with E-state index in [0.29, 0.717) is 12.0 Å². The molecule has 2 aliphatic heterocycles. The van der Waals surface area contributed by atoms with Gasteiger partial charge in [-0.3, -0.25) is 4.90 Å². The molecule has 0 spiro atoms. The molecule has 0 radical (unpaired) electrons. The largest absolute Gasteiger partial charge is 0.384 e. The number of aryl methyl sites for hydroxylation is 1. The zero-order chi connectivity index (χ0) is 11.8. The van der Waals surface area contributed by atoms with Crippen LogP contribution < -0.4 is 5.32 Å². The highest BCUT2D eigenvalue weighted by Gasteiger charge is 2.32. The molecule has 1 N–H and O–H groups in total. The highest BCUT2D eigenvalue weighted by Crippen LogP contribution is 2.39. The molecule has 3 rings (SSSR count). The molecule has 0 saturated carbocycles. The SMILES string of the molecule is Cc1ccc2c(c1)C(N1CCCC1)C(C)CN2. The first-order valence-corrected chi connectivity index (χ1v) is 6.84. The summed E-state index contributed by atoms with van der Waals surface area (Å²) in [7, 11) is 0. The molecule has 2 heteroatoms. The van der Waals surface area contributed by atoms with Crippen molar-refractivity contribution in [1.29, 1.82) is 0 Å². The van der Waals surface area contributed by atoms with Crippen LogP contribution in [0.2, 0.25) is 0 Å². The lowest BCUT2D eigenvalue weighted by molar-refractivity contribution is 0.185. The van der Waals surface area contributed by atoms with Crippen molar-refractivity contribution in [3.63, 3.8) is 0 Å². The molecule has 2 atom stereocenters. The van der Waals surface area contributed by atoms with Crippen LogP contribution in [-0.4, -0.2) is 24.5 Å².